The molecule has 0 amide bonds. The van der Waals surface area contributed by atoms with Crippen LogP contribution in [0, 0.1) is 5.41 Å². The number of furan rings is 1. The van der Waals surface area contributed by atoms with Crippen LogP contribution in [0.15, 0.2) is 34.7 Å². The first-order valence-corrected chi connectivity index (χ1v) is 7.57. The topological polar surface area (TPSA) is 34.4 Å². The highest BCUT2D eigenvalue weighted by molar-refractivity contribution is 5.77. The van der Waals surface area contributed by atoms with Crippen molar-refractivity contribution in [2.45, 2.75) is 32.8 Å². The zero-order chi connectivity index (χ0) is 14.0. The number of benzene rings is 1. The quantitative estimate of drug-likeness (QED) is 0.921. The summed E-state index contributed by atoms with van der Waals surface area (Å²) in [7, 11) is 0. The predicted molar refractivity (Wildman–Crippen MR) is 80.8 cm³/mol. The van der Waals surface area contributed by atoms with Gasteiger partial charge in [0.15, 0.2) is 0 Å². The Morgan fingerprint density at radius 1 is 1.25 bits per heavy atom. The van der Waals surface area contributed by atoms with Gasteiger partial charge in [0.05, 0.1) is 6.61 Å². The van der Waals surface area contributed by atoms with Crippen LogP contribution >= 0.6 is 0 Å². The van der Waals surface area contributed by atoms with Crippen molar-refractivity contribution in [3.8, 4) is 0 Å². The van der Waals surface area contributed by atoms with E-state index in [0.717, 1.165) is 49.3 Å². The number of para-hydroxylation sites is 1. The first-order chi connectivity index (χ1) is 9.76. The molecule has 1 unspecified atom stereocenters. The van der Waals surface area contributed by atoms with Crippen molar-refractivity contribution in [3.63, 3.8) is 0 Å². The van der Waals surface area contributed by atoms with Gasteiger partial charge in [-0.05, 0) is 25.0 Å². The van der Waals surface area contributed by atoms with Crippen LogP contribution in [0.3, 0.4) is 0 Å². The van der Waals surface area contributed by atoms with Crippen molar-refractivity contribution in [1.29, 1.82) is 0 Å². The lowest BCUT2D eigenvalue weighted by Gasteiger charge is -2.29. The second kappa shape index (κ2) is 5.58. The maximum Gasteiger partial charge on any atom is 0.135 e. The molecule has 3 nitrogen and oxygen atoms in total. The summed E-state index contributed by atoms with van der Waals surface area (Å²) >= 11 is 0. The molecule has 1 fully saturated rings. The van der Waals surface area contributed by atoms with Gasteiger partial charge < -0.3 is 14.5 Å². The molecule has 1 aromatic carbocycles. The molecule has 0 aliphatic carbocycles. The first kappa shape index (κ1) is 13.7. The predicted octanol–water partition coefficient (Wildman–Crippen LogP) is 3.90. The van der Waals surface area contributed by atoms with E-state index in [1.54, 1.807) is 0 Å². The molecule has 108 valence electrons. The van der Waals surface area contributed by atoms with E-state index in [0.29, 0.717) is 0 Å². The molecule has 2 heterocycles. The minimum absolute atomic E-state index is 0.0161. The summed E-state index contributed by atoms with van der Waals surface area (Å²) < 4.78 is 12.1. The smallest absolute Gasteiger partial charge is 0.135 e. The second-order valence-corrected chi connectivity index (χ2v) is 5.82. The molecule has 0 radical (unpaired) electrons. The van der Waals surface area contributed by atoms with Gasteiger partial charge in [0.25, 0.3) is 0 Å². The van der Waals surface area contributed by atoms with Crippen molar-refractivity contribution in [3.05, 3.63) is 36.1 Å². The molecule has 1 aromatic heterocycles. The Hall–Kier alpha value is -1.32. The Morgan fingerprint density at radius 3 is 2.80 bits per heavy atom. The van der Waals surface area contributed by atoms with Crippen LogP contribution in [0.5, 0.6) is 0 Å². The first-order valence-electron chi connectivity index (χ1n) is 7.57. The molecule has 3 rings (SSSR count). The normalized spacial score (nSPS) is 22.8. The molecular formula is C17H23NO2. The highest BCUT2D eigenvalue weighted by atomic mass is 16.5. The third kappa shape index (κ3) is 2.48. The molecule has 3 heteroatoms. The van der Waals surface area contributed by atoms with E-state index in [4.69, 9.17) is 9.15 Å². The van der Waals surface area contributed by atoms with Gasteiger partial charge in [-0.1, -0.05) is 32.0 Å². The van der Waals surface area contributed by atoms with Crippen LogP contribution in [-0.4, -0.2) is 19.7 Å². The van der Waals surface area contributed by atoms with Crippen LogP contribution in [0.2, 0.25) is 0 Å². The lowest BCUT2D eigenvalue weighted by molar-refractivity contribution is 0.00125. The number of ether oxygens (including phenoxy) is 1. The van der Waals surface area contributed by atoms with E-state index in [9.17, 15) is 0 Å². The molecule has 1 saturated heterocycles. The fraction of sp³-hybridized carbons (Fsp3) is 0.529. The molecule has 1 aliphatic heterocycles. The average molecular weight is 273 g/mol. The third-order valence-electron chi connectivity index (χ3n) is 4.68. The van der Waals surface area contributed by atoms with Gasteiger partial charge in [-0.2, -0.15) is 0 Å². The van der Waals surface area contributed by atoms with Gasteiger partial charge in [-0.3, -0.25) is 0 Å². The van der Waals surface area contributed by atoms with Crippen molar-refractivity contribution < 1.29 is 9.15 Å². The molecule has 1 atom stereocenters. The SMILES string of the molecule is CCC1(CC)CNCC(c2cc3ccccc3o2)OC1. The lowest BCUT2D eigenvalue weighted by Crippen LogP contribution is -2.34. The van der Waals surface area contributed by atoms with Crippen LogP contribution in [0.4, 0.5) is 0 Å². The maximum atomic E-state index is 6.16. The lowest BCUT2D eigenvalue weighted by atomic mass is 9.83. The van der Waals surface area contributed by atoms with E-state index < -0.39 is 0 Å². The minimum atomic E-state index is 0.0161. The number of fused-ring (bicyclic) bond motifs is 1. The number of hydrogen-bond donors (Lipinski definition) is 1. The minimum Gasteiger partial charge on any atom is -0.458 e. The Bertz CT molecular complexity index is 538. The second-order valence-electron chi connectivity index (χ2n) is 5.82. The summed E-state index contributed by atoms with van der Waals surface area (Å²) in [6, 6.07) is 10.2. The van der Waals surface area contributed by atoms with Crippen LogP contribution in [0.1, 0.15) is 38.6 Å². The average Bonchev–Trinajstić information content (AvgIpc) is 2.80. The Balaban J connectivity index is 1.81. The van der Waals surface area contributed by atoms with E-state index in [1.165, 1.54) is 0 Å². The molecule has 2 aromatic rings. The van der Waals surface area contributed by atoms with E-state index in [2.05, 4.69) is 31.3 Å². The highest BCUT2D eigenvalue weighted by Crippen LogP contribution is 2.33. The van der Waals surface area contributed by atoms with Gasteiger partial charge in [-0.15, -0.1) is 0 Å². The van der Waals surface area contributed by atoms with Gasteiger partial charge in [-0.25, -0.2) is 0 Å². The van der Waals surface area contributed by atoms with E-state index in [-0.39, 0.29) is 11.5 Å². The number of rotatable bonds is 3. The summed E-state index contributed by atoms with van der Waals surface area (Å²) in [6.45, 7) is 7.14. The molecule has 0 saturated carbocycles. The zero-order valence-electron chi connectivity index (χ0n) is 12.3. The van der Waals surface area contributed by atoms with Gasteiger partial charge >= 0.3 is 0 Å². The van der Waals surface area contributed by atoms with Crippen LogP contribution < -0.4 is 5.32 Å². The van der Waals surface area contributed by atoms with Gasteiger partial charge in [0.1, 0.15) is 17.4 Å². The molecule has 0 spiro atoms. The maximum absolute atomic E-state index is 6.16. The summed E-state index contributed by atoms with van der Waals surface area (Å²) in [6.07, 6.45) is 2.30. The van der Waals surface area contributed by atoms with Crippen molar-refractivity contribution in [2.75, 3.05) is 19.7 Å². The highest BCUT2D eigenvalue weighted by Gasteiger charge is 2.32. The fourth-order valence-electron chi connectivity index (χ4n) is 2.90. The zero-order valence-corrected chi connectivity index (χ0v) is 12.3. The molecule has 20 heavy (non-hydrogen) atoms. The largest absolute Gasteiger partial charge is 0.458 e. The van der Waals surface area contributed by atoms with Gasteiger partial charge in [0, 0.05) is 23.9 Å². The summed E-state index contributed by atoms with van der Waals surface area (Å²) in [5.41, 5.74) is 1.20. The van der Waals surface area contributed by atoms with Gasteiger partial charge in [0.2, 0.25) is 0 Å². The molecule has 1 aliphatic rings. The summed E-state index contributed by atoms with van der Waals surface area (Å²) in [5, 5.41) is 4.69. The monoisotopic (exact) mass is 273 g/mol. The standard InChI is InChI=1S/C17H23NO2/c1-3-17(4-2)11-18-10-16(19-12-17)15-9-13-7-5-6-8-14(13)20-15/h5-9,16,18H,3-4,10-12H2,1-2H3. The van der Waals surface area contributed by atoms with E-state index >= 15 is 0 Å². The Morgan fingerprint density at radius 2 is 2.05 bits per heavy atom. The van der Waals surface area contributed by atoms with Crippen molar-refractivity contribution >= 4 is 11.0 Å². The molecule has 1 N–H and O–H groups in total. The molecule has 0 bridgehead atoms. The Kier molecular flexibility index (Phi) is 3.81. The van der Waals surface area contributed by atoms with Crippen LogP contribution in [0.25, 0.3) is 11.0 Å². The number of hydrogen-bond acceptors (Lipinski definition) is 3. The Labute approximate surface area is 120 Å². The van der Waals surface area contributed by atoms with Crippen LogP contribution in [-0.2, 0) is 4.74 Å². The summed E-state index contributed by atoms with van der Waals surface area (Å²) in [5.74, 6) is 0.932. The van der Waals surface area contributed by atoms with Crippen molar-refractivity contribution in [2.24, 2.45) is 5.41 Å². The third-order valence-corrected chi connectivity index (χ3v) is 4.68. The fourth-order valence-corrected chi connectivity index (χ4v) is 2.90. The molecular weight excluding hydrogens is 250 g/mol. The van der Waals surface area contributed by atoms with E-state index in [1.807, 2.05) is 18.2 Å². The van der Waals surface area contributed by atoms with Crippen molar-refractivity contribution in [1.82, 2.24) is 5.32 Å². The number of nitrogens with one attached hydrogen (secondary N) is 1. The summed E-state index contributed by atoms with van der Waals surface area (Å²) in [4.78, 5) is 0.